The van der Waals surface area contributed by atoms with E-state index < -0.39 is 0 Å². The molecule has 0 saturated heterocycles. The van der Waals surface area contributed by atoms with Gasteiger partial charge in [0.2, 0.25) is 5.91 Å². The minimum absolute atomic E-state index is 0.131. The van der Waals surface area contributed by atoms with Crippen molar-refractivity contribution in [1.82, 2.24) is 5.32 Å². The number of hydrogen-bond acceptors (Lipinski definition) is 2. The molecule has 0 saturated carbocycles. The van der Waals surface area contributed by atoms with Gasteiger partial charge in [0.1, 0.15) is 0 Å². The Kier molecular flexibility index (Phi) is 5.09. The van der Waals surface area contributed by atoms with Crippen LogP contribution < -0.4 is 5.32 Å². The fourth-order valence-corrected chi connectivity index (χ4v) is 3.77. The predicted octanol–water partition coefficient (Wildman–Crippen LogP) is 4.50. The SMILES string of the molecule is Cc1cccc(CCC(=O)NCCc2csc3ccccc23)c1. The maximum absolute atomic E-state index is 12.0. The van der Waals surface area contributed by atoms with Crippen LogP contribution in [0.3, 0.4) is 0 Å². The molecule has 0 aliphatic heterocycles. The molecule has 0 aliphatic carbocycles. The number of hydrogen-bond donors (Lipinski definition) is 1. The van der Waals surface area contributed by atoms with Gasteiger partial charge in [0.15, 0.2) is 0 Å². The third-order valence-corrected chi connectivity index (χ3v) is 5.01. The van der Waals surface area contributed by atoms with E-state index in [9.17, 15) is 4.79 Å². The van der Waals surface area contributed by atoms with Crippen molar-refractivity contribution in [2.75, 3.05) is 6.54 Å². The van der Waals surface area contributed by atoms with Gasteiger partial charge in [0.05, 0.1) is 0 Å². The van der Waals surface area contributed by atoms with Gasteiger partial charge in [-0.15, -0.1) is 11.3 Å². The molecule has 3 aromatic rings. The van der Waals surface area contributed by atoms with Gasteiger partial charge in [-0.05, 0) is 47.7 Å². The summed E-state index contributed by atoms with van der Waals surface area (Å²) >= 11 is 1.77. The van der Waals surface area contributed by atoms with Crippen LogP contribution in [0.4, 0.5) is 0 Å². The molecule has 0 bridgehead atoms. The first-order chi connectivity index (χ1) is 11.2. The molecule has 2 aromatic carbocycles. The molecule has 23 heavy (non-hydrogen) atoms. The highest BCUT2D eigenvalue weighted by Gasteiger charge is 2.05. The van der Waals surface area contributed by atoms with Gasteiger partial charge in [0.25, 0.3) is 0 Å². The first-order valence-corrected chi connectivity index (χ1v) is 8.88. The van der Waals surface area contributed by atoms with Crippen molar-refractivity contribution in [3.63, 3.8) is 0 Å². The van der Waals surface area contributed by atoms with Crippen molar-refractivity contribution >= 4 is 27.3 Å². The lowest BCUT2D eigenvalue weighted by Gasteiger charge is -2.06. The number of amides is 1. The van der Waals surface area contributed by atoms with Gasteiger partial charge in [-0.25, -0.2) is 0 Å². The van der Waals surface area contributed by atoms with Crippen LogP contribution in [0.15, 0.2) is 53.9 Å². The number of carbonyl (C=O) groups excluding carboxylic acids is 1. The predicted molar refractivity (Wildman–Crippen MR) is 98.0 cm³/mol. The first-order valence-electron chi connectivity index (χ1n) is 8.00. The maximum atomic E-state index is 12.0. The molecule has 0 unspecified atom stereocenters. The molecule has 1 amide bonds. The topological polar surface area (TPSA) is 29.1 Å². The van der Waals surface area contributed by atoms with Crippen molar-refractivity contribution < 1.29 is 4.79 Å². The van der Waals surface area contributed by atoms with Crippen LogP contribution in [0.1, 0.15) is 23.1 Å². The largest absolute Gasteiger partial charge is 0.356 e. The highest BCUT2D eigenvalue weighted by Crippen LogP contribution is 2.25. The van der Waals surface area contributed by atoms with Crippen molar-refractivity contribution in [1.29, 1.82) is 0 Å². The number of thiophene rings is 1. The van der Waals surface area contributed by atoms with Crippen LogP contribution in [-0.4, -0.2) is 12.5 Å². The Morgan fingerprint density at radius 2 is 1.96 bits per heavy atom. The smallest absolute Gasteiger partial charge is 0.220 e. The van der Waals surface area contributed by atoms with Crippen molar-refractivity contribution in [3.8, 4) is 0 Å². The Morgan fingerprint density at radius 1 is 1.09 bits per heavy atom. The van der Waals surface area contributed by atoms with Gasteiger partial charge in [-0.1, -0.05) is 48.0 Å². The first kappa shape index (κ1) is 15.8. The molecular weight excluding hydrogens is 302 g/mol. The zero-order chi connectivity index (χ0) is 16.1. The van der Waals surface area contributed by atoms with E-state index in [1.807, 2.05) is 6.07 Å². The van der Waals surface area contributed by atoms with Gasteiger partial charge in [0, 0.05) is 17.7 Å². The molecule has 0 spiro atoms. The van der Waals surface area contributed by atoms with Crippen molar-refractivity contribution in [2.24, 2.45) is 0 Å². The lowest BCUT2D eigenvalue weighted by Crippen LogP contribution is -2.25. The molecule has 0 aliphatic rings. The normalized spacial score (nSPS) is 10.8. The Labute approximate surface area is 141 Å². The minimum atomic E-state index is 0.131. The fourth-order valence-electron chi connectivity index (χ4n) is 2.78. The zero-order valence-corrected chi connectivity index (χ0v) is 14.2. The third-order valence-electron chi connectivity index (χ3n) is 4.00. The summed E-state index contributed by atoms with van der Waals surface area (Å²) in [5.41, 5.74) is 3.79. The molecule has 118 valence electrons. The molecule has 1 N–H and O–H groups in total. The summed E-state index contributed by atoms with van der Waals surface area (Å²) in [5.74, 6) is 0.131. The molecule has 1 aromatic heterocycles. The summed E-state index contributed by atoms with van der Waals surface area (Å²) in [5, 5.41) is 6.55. The summed E-state index contributed by atoms with van der Waals surface area (Å²) in [6.45, 7) is 2.78. The van der Waals surface area contributed by atoms with E-state index in [1.165, 1.54) is 26.8 Å². The Morgan fingerprint density at radius 3 is 2.83 bits per heavy atom. The summed E-state index contributed by atoms with van der Waals surface area (Å²) < 4.78 is 1.31. The van der Waals surface area contributed by atoms with Crippen LogP contribution in [0.2, 0.25) is 0 Å². The van der Waals surface area contributed by atoms with E-state index in [0.29, 0.717) is 13.0 Å². The minimum Gasteiger partial charge on any atom is -0.356 e. The van der Waals surface area contributed by atoms with Crippen LogP contribution >= 0.6 is 11.3 Å². The summed E-state index contributed by atoms with van der Waals surface area (Å²) in [6, 6.07) is 16.8. The average Bonchev–Trinajstić information content (AvgIpc) is 2.97. The molecule has 0 radical (unpaired) electrons. The fraction of sp³-hybridized carbons (Fsp3) is 0.250. The third kappa shape index (κ3) is 4.20. The second-order valence-corrected chi connectivity index (χ2v) is 6.76. The van der Waals surface area contributed by atoms with Gasteiger partial charge in [-0.2, -0.15) is 0 Å². The lowest BCUT2D eigenvalue weighted by atomic mass is 10.1. The molecule has 3 heteroatoms. The molecular formula is C20H21NOS. The van der Waals surface area contributed by atoms with Crippen LogP contribution in [-0.2, 0) is 17.6 Å². The summed E-state index contributed by atoms with van der Waals surface area (Å²) in [4.78, 5) is 12.0. The van der Waals surface area contributed by atoms with Crippen molar-refractivity contribution in [3.05, 3.63) is 70.6 Å². The maximum Gasteiger partial charge on any atom is 0.220 e. The highest BCUT2D eigenvalue weighted by molar-refractivity contribution is 7.17. The van der Waals surface area contributed by atoms with E-state index in [2.05, 4.69) is 60.1 Å². The summed E-state index contributed by atoms with van der Waals surface area (Å²) in [6.07, 6.45) is 2.24. The van der Waals surface area contributed by atoms with E-state index in [-0.39, 0.29) is 5.91 Å². The monoisotopic (exact) mass is 323 g/mol. The second-order valence-electron chi connectivity index (χ2n) is 5.85. The highest BCUT2D eigenvalue weighted by atomic mass is 32.1. The Hall–Kier alpha value is -2.13. The van der Waals surface area contributed by atoms with E-state index >= 15 is 0 Å². The van der Waals surface area contributed by atoms with Crippen LogP contribution in [0, 0.1) is 6.92 Å². The molecule has 3 rings (SSSR count). The van der Waals surface area contributed by atoms with E-state index in [0.717, 1.165) is 12.8 Å². The number of benzene rings is 2. The van der Waals surface area contributed by atoms with Crippen molar-refractivity contribution in [2.45, 2.75) is 26.2 Å². The molecule has 1 heterocycles. The van der Waals surface area contributed by atoms with Crippen LogP contribution in [0.25, 0.3) is 10.1 Å². The van der Waals surface area contributed by atoms with Crippen LogP contribution in [0.5, 0.6) is 0 Å². The van der Waals surface area contributed by atoms with Gasteiger partial charge < -0.3 is 5.32 Å². The van der Waals surface area contributed by atoms with Gasteiger partial charge >= 0.3 is 0 Å². The number of carbonyl (C=O) groups is 1. The molecule has 2 nitrogen and oxygen atoms in total. The average molecular weight is 323 g/mol. The Balaban J connectivity index is 1.46. The number of fused-ring (bicyclic) bond motifs is 1. The van der Waals surface area contributed by atoms with E-state index in [1.54, 1.807) is 11.3 Å². The van der Waals surface area contributed by atoms with Gasteiger partial charge in [-0.3, -0.25) is 4.79 Å². The Bertz CT molecular complexity index is 806. The number of aryl methyl sites for hydroxylation is 2. The standard InChI is InChI=1S/C20H21NOS/c1-15-5-4-6-16(13-15)9-10-20(22)21-12-11-17-14-23-19-8-3-2-7-18(17)19/h2-8,13-14H,9-12H2,1H3,(H,21,22). The number of nitrogens with one attached hydrogen (secondary N) is 1. The second kappa shape index (κ2) is 7.42. The zero-order valence-electron chi connectivity index (χ0n) is 13.3. The summed E-state index contributed by atoms with van der Waals surface area (Å²) in [7, 11) is 0. The quantitative estimate of drug-likeness (QED) is 0.711. The number of rotatable bonds is 6. The molecule has 0 atom stereocenters. The van der Waals surface area contributed by atoms with E-state index in [4.69, 9.17) is 0 Å². The lowest BCUT2D eigenvalue weighted by molar-refractivity contribution is -0.121. The molecule has 0 fully saturated rings.